The highest BCUT2D eigenvalue weighted by molar-refractivity contribution is 5.84. The van der Waals surface area contributed by atoms with E-state index in [-0.39, 0.29) is 11.8 Å². The number of allylic oxidation sites excluding steroid dienone is 1. The summed E-state index contributed by atoms with van der Waals surface area (Å²) < 4.78 is 0. The number of carbonyl (C=O) groups excluding carboxylic acids is 1. The van der Waals surface area contributed by atoms with Gasteiger partial charge in [-0.25, -0.2) is 0 Å². The topological polar surface area (TPSA) is 29.1 Å². The third-order valence-corrected chi connectivity index (χ3v) is 3.64. The maximum absolute atomic E-state index is 11.1. The molecule has 1 amide bonds. The lowest BCUT2D eigenvalue weighted by atomic mass is 9.97. The van der Waals surface area contributed by atoms with Crippen molar-refractivity contribution < 1.29 is 4.79 Å². The van der Waals surface area contributed by atoms with Crippen LogP contribution in [-0.4, -0.2) is 12.5 Å². The molecule has 0 bridgehead atoms. The molecule has 1 saturated heterocycles. The van der Waals surface area contributed by atoms with Crippen LogP contribution >= 0.6 is 0 Å². The van der Waals surface area contributed by atoms with Crippen molar-refractivity contribution in [2.45, 2.75) is 6.42 Å². The third-order valence-electron chi connectivity index (χ3n) is 3.64. The van der Waals surface area contributed by atoms with E-state index in [1.54, 1.807) is 0 Å². The van der Waals surface area contributed by atoms with E-state index < -0.39 is 0 Å². The Morgan fingerprint density at radius 2 is 1.70 bits per heavy atom. The molecule has 0 saturated carbocycles. The molecule has 3 rings (SSSR count). The number of hydrogen-bond donors (Lipinski definition) is 1. The number of carbonyl (C=O) groups is 1. The Bertz CT molecular complexity index is 614. The van der Waals surface area contributed by atoms with Gasteiger partial charge in [-0.3, -0.25) is 4.79 Å². The molecular formula is C18H17NO. The molecular weight excluding hydrogens is 246 g/mol. The van der Waals surface area contributed by atoms with Gasteiger partial charge < -0.3 is 5.32 Å². The molecule has 2 heteroatoms. The van der Waals surface area contributed by atoms with E-state index in [4.69, 9.17) is 0 Å². The number of hydrogen-bond acceptors (Lipinski definition) is 1. The van der Waals surface area contributed by atoms with Gasteiger partial charge in [-0.15, -0.1) is 0 Å². The fraction of sp³-hybridized carbons (Fsp3) is 0.167. The molecule has 20 heavy (non-hydrogen) atoms. The first-order chi connectivity index (χ1) is 9.83. The van der Waals surface area contributed by atoms with Gasteiger partial charge in [-0.1, -0.05) is 66.7 Å². The standard InChI is InChI=1S/C18H17NO/c20-18-17(13-19-18)8-4-5-14-9-11-16(12-10-14)15-6-2-1-3-7-15/h1-7,9-12,17H,8,13H2,(H,19,20)/b5-4+/t17-/m1/s1. The fourth-order valence-electron chi connectivity index (χ4n) is 2.31. The van der Waals surface area contributed by atoms with Crippen molar-refractivity contribution in [2.75, 3.05) is 6.54 Å². The maximum Gasteiger partial charge on any atom is 0.225 e. The summed E-state index contributed by atoms with van der Waals surface area (Å²) in [6.07, 6.45) is 4.99. The van der Waals surface area contributed by atoms with Crippen molar-refractivity contribution in [1.29, 1.82) is 0 Å². The van der Waals surface area contributed by atoms with Crippen LogP contribution in [0, 0.1) is 5.92 Å². The summed E-state index contributed by atoms with van der Waals surface area (Å²) in [6.45, 7) is 0.816. The minimum Gasteiger partial charge on any atom is -0.355 e. The van der Waals surface area contributed by atoms with Gasteiger partial charge in [-0.05, 0) is 23.1 Å². The smallest absolute Gasteiger partial charge is 0.225 e. The Morgan fingerprint density at radius 1 is 1.00 bits per heavy atom. The van der Waals surface area contributed by atoms with Gasteiger partial charge in [0.1, 0.15) is 0 Å². The normalized spacial score (nSPS) is 17.8. The van der Waals surface area contributed by atoms with E-state index in [0.29, 0.717) is 0 Å². The molecule has 1 aliphatic rings. The van der Waals surface area contributed by atoms with Crippen LogP contribution in [0.3, 0.4) is 0 Å². The Hall–Kier alpha value is -2.35. The number of benzene rings is 2. The number of rotatable bonds is 4. The summed E-state index contributed by atoms with van der Waals surface area (Å²) in [5, 5.41) is 2.76. The highest BCUT2D eigenvalue weighted by Gasteiger charge is 2.25. The first-order valence-corrected chi connectivity index (χ1v) is 6.93. The Kier molecular flexibility index (Phi) is 3.64. The molecule has 2 aromatic carbocycles. The minimum atomic E-state index is 0.175. The summed E-state index contributed by atoms with van der Waals surface area (Å²) in [4.78, 5) is 11.1. The van der Waals surface area contributed by atoms with Crippen LogP contribution < -0.4 is 5.32 Å². The van der Waals surface area contributed by atoms with Crippen LogP contribution in [0.15, 0.2) is 60.7 Å². The summed E-state index contributed by atoms with van der Waals surface area (Å²) in [5.74, 6) is 0.351. The van der Waals surface area contributed by atoms with E-state index in [1.165, 1.54) is 16.7 Å². The molecule has 1 aliphatic heterocycles. The zero-order valence-electron chi connectivity index (χ0n) is 11.3. The average molecular weight is 263 g/mol. The molecule has 1 fully saturated rings. The van der Waals surface area contributed by atoms with Gasteiger partial charge in [0.15, 0.2) is 0 Å². The first-order valence-electron chi connectivity index (χ1n) is 6.93. The van der Waals surface area contributed by atoms with Crippen molar-refractivity contribution in [3.05, 3.63) is 66.2 Å². The summed E-state index contributed by atoms with van der Waals surface area (Å²) in [5.41, 5.74) is 3.62. The molecule has 2 aromatic rings. The zero-order chi connectivity index (χ0) is 13.8. The van der Waals surface area contributed by atoms with Crippen LogP contribution in [0.4, 0.5) is 0 Å². The van der Waals surface area contributed by atoms with E-state index in [1.807, 2.05) is 18.2 Å². The Balaban J connectivity index is 1.64. The fourth-order valence-corrected chi connectivity index (χ4v) is 2.31. The minimum absolute atomic E-state index is 0.175. The third kappa shape index (κ3) is 2.80. The maximum atomic E-state index is 11.1. The van der Waals surface area contributed by atoms with Crippen molar-refractivity contribution >= 4 is 12.0 Å². The molecule has 0 aromatic heterocycles. The van der Waals surface area contributed by atoms with Crippen molar-refractivity contribution in [3.63, 3.8) is 0 Å². The zero-order valence-corrected chi connectivity index (χ0v) is 11.3. The van der Waals surface area contributed by atoms with Gasteiger partial charge >= 0.3 is 0 Å². The highest BCUT2D eigenvalue weighted by atomic mass is 16.2. The second kappa shape index (κ2) is 5.74. The molecule has 0 radical (unpaired) electrons. The lowest BCUT2D eigenvalue weighted by molar-refractivity contribution is -0.130. The van der Waals surface area contributed by atoms with Gasteiger partial charge in [-0.2, -0.15) is 0 Å². The molecule has 0 spiro atoms. The van der Waals surface area contributed by atoms with Crippen LogP contribution in [-0.2, 0) is 4.79 Å². The molecule has 100 valence electrons. The predicted octanol–water partition coefficient (Wildman–Crippen LogP) is 3.50. The molecule has 2 nitrogen and oxygen atoms in total. The Labute approximate surface area is 119 Å². The van der Waals surface area contributed by atoms with Gasteiger partial charge in [0, 0.05) is 6.54 Å². The van der Waals surface area contributed by atoms with Crippen molar-refractivity contribution in [1.82, 2.24) is 5.32 Å². The summed E-state index contributed by atoms with van der Waals surface area (Å²) in [6, 6.07) is 18.8. The van der Waals surface area contributed by atoms with E-state index in [2.05, 4.69) is 53.9 Å². The van der Waals surface area contributed by atoms with Crippen LogP contribution in [0.2, 0.25) is 0 Å². The van der Waals surface area contributed by atoms with Gasteiger partial charge in [0.25, 0.3) is 0 Å². The van der Waals surface area contributed by atoms with Crippen LogP contribution in [0.1, 0.15) is 12.0 Å². The first kappa shape index (κ1) is 12.7. The van der Waals surface area contributed by atoms with Crippen LogP contribution in [0.5, 0.6) is 0 Å². The number of nitrogens with one attached hydrogen (secondary N) is 1. The monoisotopic (exact) mass is 263 g/mol. The summed E-state index contributed by atoms with van der Waals surface area (Å²) in [7, 11) is 0. The predicted molar refractivity (Wildman–Crippen MR) is 82.0 cm³/mol. The second-order valence-electron chi connectivity index (χ2n) is 5.07. The van der Waals surface area contributed by atoms with Crippen LogP contribution in [0.25, 0.3) is 17.2 Å². The highest BCUT2D eigenvalue weighted by Crippen LogP contribution is 2.20. The van der Waals surface area contributed by atoms with Crippen molar-refractivity contribution in [3.8, 4) is 11.1 Å². The quantitative estimate of drug-likeness (QED) is 0.840. The second-order valence-corrected chi connectivity index (χ2v) is 5.07. The van der Waals surface area contributed by atoms with Gasteiger partial charge in [0.05, 0.1) is 5.92 Å². The average Bonchev–Trinajstić information content (AvgIpc) is 2.51. The van der Waals surface area contributed by atoms with E-state index in [0.717, 1.165) is 13.0 Å². The Morgan fingerprint density at radius 3 is 2.30 bits per heavy atom. The lowest BCUT2D eigenvalue weighted by Gasteiger charge is -2.24. The molecule has 1 N–H and O–H groups in total. The summed E-state index contributed by atoms with van der Waals surface area (Å²) >= 11 is 0. The lowest BCUT2D eigenvalue weighted by Crippen LogP contribution is -2.48. The molecule has 0 aliphatic carbocycles. The van der Waals surface area contributed by atoms with Crippen molar-refractivity contribution in [2.24, 2.45) is 5.92 Å². The van der Waals surface area contributed by atoms with E-state index in [9.17, 15) is 4.79 Å². The largest absolute Gasteiger partial charge is 0.355 e. The SMILES string of the molecule is O=C1NC[C@H]1C/C=C/c1ccc(-c2ccccc2)cc1. The molecule has 0 unspecified atom stereocenters. The number of β-lactam (4-membered cyclic amide) rings is 1. The van der Waals surface area contributed by atoms with E-state index >= 15 is 0 Å². The molecule has 1 atom stereocenters. The van der Waals surface area contributed by atoms with Gasteiger partial charge in [0.2, 0.25) is 5.91 Å². The number of amides is 1. The molecule has 1 heterocycles.